The number of aryl methyl sites for hydroxylation is 2. The van der Waals surface area contributed by atoms with Crippen LogP contribution < -0.4 is 0 Å². The van der Waals surface area contributed by atoms with E-state index in [0.29, 0.717) is 0 Å². The molecule has 94 valence electrons. The molecule has 4 nitrogen and oxygen atoms in total. The van der Waals surface area contributed by atoms with Crippen LogP contribution in [0, 0.1) is 12.8 Å². The first kappa shape index (κ1) is 12.3. The number of likely N-dealkylation sites (tertiary alicyclic amines) is 1. The fourth-order valence-electron chi connectivity index (χ4n) is 2.48. The Bertz CT molecular complexity index is 378. The lowest BCUT2D eigenvalue weighted by atomic mass is 9.98. The molecule has 2 heterocycles. The summed E-state index contributed by atoms with van der Waals surface area (Å²) in [5, 5.41) is 4.46. The highest BCUT2D eigenvalue weighted by atomic mass is 16.1. The molecule has 1 aromatic rings. The van der Waals surface area contributed by atoms with Crippen LogP contribution in [0.1, 0.15) is 31.2 Å². The Kier molecular flexibility index (Phi) is 3.94. The Labute approximate surface area is 103 Å². The number of aldehydes is 1. The third-order valence-electron chi connectivity index (χ3n) is 3.50. The smallest absolute Gasteiger partial charge is 0.123 e. The van der Waals surface area contributed by atoms with Crippen molar-refractivity contribution in [1.82, 2.24) is 14.7 Å². The third-order valence-corrected chi connectivity index (χ3v) is 3.50. The summed E-state index contributed by atoms with van der Waals surface area (Å²) in [4.78, 5) is 13.1. The summed E-state index contributed by atoms with van der Waals surface area (Å²) in [6.07, 6.45) is 3.11. The number of hydrogen-bond donors (Lipinski definition) is 0. The van der Waals surface area contributed by atoms with E-state index in [1.807, 2.05) is 6.92 Å². The summed E-state index contributed by atoms with van der Waals surface area (Å²) in [6.45, 7) is 8.09. The Morgan fingerprint density at radius 2 is 2.18 bits per heavy atom. The maximum atomic E-state index is 10.7. The minimum atomic E-state index is 0.282. The van der Waals surface area contributed by atoms with E-state index in [9.17, 15) is 4.79 Å². The van der Waals surface area contributed by atoms with Crippen molar-refractivity contribution < 1.29 is 4.79 Å². The van der Waals surface area contributed by atoms with Crippen LogP contribution in [-0.4, -0.2) is 34.1 Å². The van der Waals surface area contributed by atoms with Crippen molar-refractivity contribution in [3.63, 3.8) is 0 Å². The Hall–Kier alpha value is -1.16. The molecule has 0 bridgehead atoms. The van der Waals surface area contributed by atoms with E-state index < -0.39 is 0 Å². The molecule has 4 heteroatoms. The van der Waals surface area contributed by atoms with Gasteiger partial charge in [-0.25, -0.2) is 0 Å². The SMILES string of the molecule is CCn1nc(C)cc1CN1CCC(C=O)CC1. The average molecular weight is 235 g/mol. The van der Waals surface area contributed by atoms with Crippen molar-refractivity contribution in [2.45, 2.75) is 39.8 Å². The van der Waals surface area contributed by atoms with Gasteiger partial charge >= 0.3 is 0 Å². The molecule has 1 saturated heterocycles. The first-order chi connectivity index (χ1) is 8.22. The van der Waals surface area contributed by atoms with Crippen LogP contribution in [0.4, 0.5) is 0 Å². The zero-order chi connectivity index (χ0) is 12.3. The van der Waals surface area contributed by atoms with E-state index in [4.69, 9.17) is 0 Å². The molecule has 0 N–H and O–H groups in total. The molecular formula is C13H21N3O. The second-order valence-corrected chi connectivity index (χ2v) is 4.84. The molecule has 0 unspecified atom stereocenters. The molecule has 1 aromatic heterocycles. The molecule has 0 aliphatic carbocycles. The van der Waals surface area contributed by atoms with Crippen molar-refractivity contribution >= 4 is 6.29 Å². The highest BCUT2D eigenvalue weighted by Crippen LogP contribution is 2.17. The monoisotopic (exact) mass is 235 g/mol. The van der Waals surface area contributed by atoms with Gasteiger partial charge in [0, 0.05) is 19.0 Å². The molecule has 2 rings (SSSR count). The number of nitrogens with zero attached hydrogens (tertiary/aromatic N) is 3. The van der Waals surface area contributed by atoms with Gasteiger partial charge in [0.15, 0.2) is 0 Å². The number of hydrogen-bond acceptors (Lipinski definition) is 3. The lowest BCUT2D eigenvalue weighted by molar-refractivity contribution is -0.112. The van der Waals surface area contributed by atoms with Crippen LogP contribution in [0.25, 0.3) is 0 Å². The van der Waals surface area contributed by atoms with Crippen LogP contribution in [0.2, 0.25) is 0 Å². The second-order valence-electron chi connectivity index (χ2n) is 4.84. The molecule has 0 aromatic carbocycles. The van der Waals surface area contributed by atoms with Crippen LogP contribution in [0.5, 0.6) is 0 Å². The van der Waals surface area contributed by atoms with E-state index >= 15 is 0 Å². The molecular weight excluding hydrogens is 214 g/mol. The summed E-state index contributed by atoms with van der Waals surface area (Å²) in [6, 6.07) is 2.16. The molecule has 0 spiro atoms. The van der Waals surface area contributed by atoms with Crippen molar-refractivity contribution in [3.05, 3.63) is 17.5 Å². The van der Waals surface area contributed by atoms with Gasteiger partial charge in [0.2, 0.25) is 0 Å². The van der Waals surface area contributed by atoms with Crippen molar-refractivity contribution in [1.29, 1.82) is 0 Å². The van der Waals surface area contributed by atoms with Crippen LogP contribution in [0.3, 0.4) is 0 Å². The van der Waals surface area contributed by atoms with Gasteiger partial charge in [0.1, 0.15) is 6.29 Å². The van der Waals surface area contributed by atoms with Crippen LogP contribution >= 0.6 is 0 Å². The van der Waals surface area contributed by atoms with E-state index in [2.05, 4.69) is 27.7 Å². The van der Waals surface area contributed by atoms with E-state index in [-0.39, 0.29) is 5.92 Å². The van der Waals surface area contributed by atoms with Crippen molar-refractivity contribution in [2.24, 2.45) is 5.92 Å². The van der Waals surface area contributed by atoms with E-state index in [1.54, 1.807) is 0 Å². The summed E-state index contributed by atoms with van der Waals surface area (Å²) in [5.41, 5.74) is 2.37. The second kappa shape index (κ2) is 5.45. The van der Waals surface area contributed by atoms with Gasteiger partial charge in [-0.2, -0.15) is 5.10 Å². The minimum Gasteiger partial charge on any atom is -0.303 e. The number of aromatic nitrogens is 2. The lowest BCUT2D eigenvalue weighted by Gasteiger charge is -2.29. The van der Waals surface area contributed by atoms with Gasteiger partial charge in [0.05, 0.1) is 11.4 Å². The van der Waals surface area contributed by atoms with E-state index in [0.717, 1.165) is 51.0 Å². The maximum Gasteiger partial charge on any atom is 0.123 e. The zero-order valence-corrected chi connectivity index (χ0v) is 10.7. The first-order valence-corrected chi connectivity index (χ1v) is 6.44. The number of rotatable bonds is 4. The molecule has 1 fully saturated rings. The highest BCUT2D eigenvalue weighted by molar-refractivity contribution is 5.53. The normalized spacial score (nSPS) is 18.5. The minimum absolute atomic E-state index is 0.282. The van der Waals surface area contributed by atoms with Gasteiger partial charge in [-0.3, -0.25) is 9.58 Å². The summed E-state index contributed by atoms with van der Waals surface area (Å²) in [5.74, 6) is 0.282. The number of carbonyl (C=O) groups is 1. The van der Waals surface area contributed by atoms with Gasteiger partial charge in [-0.1, -0.05) is 0 Å². The first-order valence-electron chi connectivity index (χ1n) is 6.44. The molecule has 0 atom stereocenters. The van der Waals surface area contributed by atoms with Gasteiger partial charge in [-0.15, -0.1) is 0 Å². The molecule has 0 saturated carbocycles. The quantitative estimate of drug-likeness (QED) is 0.744. The van der Waals surface area contributed by atoms with E-state index in [1.165, 1.54) is 5.69 Å². The molecule has 0 radical (unpaired) electrons. The zero-order valence-electron chi connectivity index (χ0n) is 10.7. The number of carbonyl (C=O) groups excluding carboxylic acids is 1. The van der Waals surface area contributed by atoms with Gasteiger partial charge < -0.3 is 4.79 Å². The predicted molar refractivity (Wildman–Crippen MR) is 66.7 cm³/mol. The number of piperidine rings is 1. The molecule has 1 aliphatic heterocycles. The largest absolute Gasteiger partial charge is 0.303 e. The summed E-state index contributed by atoms with van der Waals surface area (Å²) < 4.78 is 2.07. The van der Waals surface area contributed by atoms with Crippen molar-refractivity contribution in [3.8, 4) is 0 Å². The van der Waals surface area contributed by atoms with Gasteiger partial charge in [-0.05, 0) is 45.8 Å². The fourth-order valence-corrected chi connectivity index (χ4v) is 2.48. The maximum absolute atomic E-state index is 10.7. The van der Waals surface area contributed by atoms with Gasteiger partial charge in [0.25, 0.3) is 0 Å². The fraction of sp³-hybridized carbons (Fsp3) is 0.692. The Balaban J connectivity index is 1.94. The van der Waals surface area contributed by atoms with Crippen LogP contribution in [0.15, 0.2) is 6.07 Å². The predicted octanol–water partition coefficient (Wildman–Crippen LogP) is 1.62. The topological polar surface area (TPSA) is 38.1 Å². The highest BCUT2D eigenvalue weighted by Gasteiger charge is 2.19. The van der Waals surface area contributed by atoms with Crippen LogP contribution in [-0.2, 0) is 17.9 Å². The third kappa shape index (κ3) is 2.94. The summed E-state index contributed by atoms with van der Waals surface area (Å²) in [7, 11) is 0. The Morgan fingerprint density at radius 3 is 2.76 bits per heavy atom. The molecule has 17 heavy (non-hydrogen) atoms. The summed E-state index contributed by atoms with van der Waals surface area (Å²) >= 11 is 0. The lowest BCUT2D eigenvalue weighted by Crippen LogP contribution is -2.34. The van der Waals surface area contributed by atoms with Crippen molar-refractivity contribution in [2.75, 3.05) is 13.1 Å². The molecule has 0 amide bonds. The standard InChI is InChI=1S/C13H21N3O/c1-3-16-13(8-11(2)14-16)9-15-6-4-12(10-17)5-7-15/h8,10,12H,3-7,9H2,1-2H3. The molecule has 1 aliphatic rings. The average Bonchev–Trinajstić information content (AvgIpc) is 2.70. The Morgan fingerprint density at radius 1 is 1.47 bits per heavy atom.